The monoisotopic (exact) mass is 413 g/mol. The van der Waals surface area contributed by atoms with Gasteiger partial charge in [0, 0.05) is 32.7 Å². The summed E-state index contributed by atoms with van der Waals surface area (Å²) in [4.78, 5) is 44.2. The maximum absolute atomic E-state index is 13.6. The quantitative estimate of drug-likeness (QED) is 0.669. The number of amides is 3. The molecule has 4 rings (SSSR count). The Morgan fingerprint density at radius 2 is 1.73 bits per heavy atom. The molecule has 1 aromatic rings. The van der Waals surface area contributed by atoms with Crippen LogP contribution in [0.3, 0.4) is 0 Å². The fourth-order valence-electron chi connectivity index (χ4n) is 4.68. The predicted octanol–water partition coefficient (Wildman–Crippen LogP) is 1.98. The van der Waals surface area contributed by atoms with Gasteiger partial charge in [-0.25, -0.2) is 0 Å². The zero-order chi connectivity index (χ0) is 21.1. The summed E-state index contributed by atoms with van der Waals surface area (Å²) in [5.41, 5.74) is 0.709. The Labute approximate surface area is 177 Å². The number of hydrogen-bond donors (Lipinski definition) is 0. The molecule has 0 saturated carbocycles. The molecule has 1 atom stereocenters. The van der Waals surface area contributed by atoms with E-state index in [0.29, 0.717) is 32.7 Å². The van der Waals surface area contributed by atoms with Crippen LogP contribution < -0.4 is 0 Å². The minimum atomic E-state index is -0.757. The van der Waals surface area contributed by atoms with E-state index in [1.165, 1.54) is 4.90 Å². The van der Waals surface area contributed by atoms with Crippen molar-refractivity contribution in [3.8, 4) is 0 Å². The SMILES string of the molecule is CCCCN1CCN([C@H](C(=O)N2CCC3(CCO3)CC2)c2ccccc2)C(=O)C1=O. The van der Waals surface area contributed by atoms with Crippen LogP contribution in [0.15, 0.2) is 30.3 Å². The summed E-state index contributed by atoms with van der Waals surface area (Å²) in [5.74, 6) is -1.17. The molecule has 7 nitrogen and oxygen atoms in total. The summed E-state index contributed by atoms with van der Waals surface area (Å²) in [6.45, 7) is 5.55. The number of piperidine rings is 1. The molecule has 162 valence electrons. The van der Waals surface area contributed by atoms with E-state index in [-0.39, 0.29) is 11.5 Å². The molecule has 30 heavy (non-hydrogen) atoms. The average molecular weight is 414 g/mol. The van der Waals surface area contributed by atoms with E-state index in [0.717, 1.165) is 44.3 Å². The zero-order valence-electron chi connectivity index (χ0n) is 17.7. The number of likely N-dealkylation sites (tertiary alicyclic amines) is 1. The summed E-state index contributed by atoms with van der Waals surface area (Å²) in [6, 6.07) is 8.60. The van der Waals surface area contributed by atoms with Gasteiger partial charge in [-0.3, -0.25) is 14.4 Å². The lowest BCUT2D eigenvalue weighted by atomic mass is 9.84. The van der Waals surface area contributed by atoms with Crippen molar-refractivity contribution in [3.63, 3.8) is 0 Å². The van der Waals surface area contributed by atoms with Crippen molar-refractivity contribution in [2.45, 2.75) is 50.7 Å². The number of hydrogen-bond acceptors (Lipinski definition) is 4. The molecule has 0 unspecified atom stereocenters. The number of piperazine rings is 1. The van der Waals surface area contributed by atoms with Gasteiger partial charge in [0.1, 0.15) is 6.04 Å². The number of carbonyl (C=O) groups excluding carboxylic acids is 3. The summed E-state index contributed by atoms with van der Waals surface area (Å²) in [7, 11) is 0. The highest BCUT2D eigenvalue weighted by Crippen LogP contribution is 2.38. The minimum Gasteiger partial charge on any atom is -0.375 e. The van der Waals surface area contributed by atoms with Gasteiger partial charge >= 0.3 is 11.8 Å². The van der Waals surface area contributed by atoms with E-state index >= 15 is 0 Å². The van der Waals surface area contributed by atoms with E-state index in [1.54, 1.807) is 4.90 Å². The Morgan fingerprint density at radius 3 is 2.33 bits per heavy atom. The van der Waals surface area contributed by atoms with E-state index in [4.69, 9.17) is 4.74 Å². The first-order valence-electron chi connectivity index (χ1n) is 11.1. The van der Waals surface area contributed by atoms with Crippen molar-refractivity contribution in [2.75, 3.05) is 39.3 Å². The van der Waals surface area contributed by atoms with E-state index in [2.05, 4.69) is 6.92 Å². The van der Waals surface area contributed by atoms with Gasteiger partial charge in [-0.15, -0.1) is 0 Å². The number of ether oxygens (including phenoxy) is 1. The average Bonchev–Trinajstić information content (AvgIpc) is 2.76. The highest BCUT2D eigenvalue weighted by Gasteiger charge is 2.45. The Balaban J connectivity index is 1.53. The van der Waals surface area contributed by atoms with Crippen LogP contribution in [0.1, 0.15) is 50.6 Å². The van der Waals surface area contributed by atoms with Crippen LogP contribution in [-0.4, -0.2) is 77.4 Å². The van der Waals surface area contributed by atoms with Crippen LogP contribution in [0.25, 0.3) is 0 Å². The maximum Gasteiger partial charge on any atom is 0.313 e. The highest BCUT2D eigenvalue weighted by atomic mass is 16.5. The lowest BCUT2D eigenvalue weighted by Crippen LogP contribution is -2.59. The predicted molar refractivity (Wildman–Crippen MR) is 111 cm³/mol. The molecule has 3 heterocycles. The molecule has 0 aromatic heterocycles. The van der Waals surface area contributed by atoms with Gasteiger partial charge in [0.25, 0.3) is 0 Å². The summed E-state index contributed by atoms with van der Waals surface area (Å²) >= 11 is 0. The molecular weight excluding hydrogens is 382 g/mol. The molecule has 3 amide bonds. The molecule has 0 aliphatic carbocycles. The topological polar surface area (TPSA) is 70.2 Å². The summed E-state index contributed by atoms with van der Waals surface area (Å²) < 4.78 is 5.77. The first-order valence-corrected chi connectivity index (χ1v) is 11.1. The molecule has 1 spiro atoms. The van der Waals surface area contributed by atoms with Crippen molar-refractivity contribution in [2.24, 2.45) is 0 Å². The molecule has 3 aliphatic rings. The normalized spacial score (nSPS) is 22.2. The molecule has 0 radical (unpaired) electrons. The summed E-state index contributed by atoms with van der Waals surface area (Å²) in [6.07, 6.45) is 4.56. The van der Waals surface area contributed by atoms with Crippen LogP contribution in [0.5, 0.6) is 0 Å². The molecule has 3 saturated heterocycles. The maximum atomic E-state index is 13.6. The Hall–Kier alpha value is -2.41. The molecule has 1 aromatic carbocycles. The van der Waals surface area contributed by atoms with Crippen LogP contribution in [0, 0.1) is 0 Å². The van der Waals surface area contributed by atoms with Crippen LogP contribution >= 0.6 is 0 Å². The largest absolute Gasteiger partial charge is 0.375 e. The second kappa shape index (κ2) is 8.76. The number of nitrogens with zero attached hydrogens (tertiary/aromatic N) is 3. The molecular formula is C23H31N3O4. The fourth-order valence-corrected chi connectivity index (χ4v) is 4.68. The fraction of sp³-hybridized carbons (Fsp3) is 0.609. The van der Waals surface area contributed by atoms with E-state index in [1.807, 2.05) is 35.2 Å². The van der Waals surface area contributed by atoms with Crippen LogP contribution in [0.2, 0.25) is 0 Å². The zero-order valence-corrected chi connectivity index (χ0v) is 17.7. The van der Waals surface area contributed by atoms with Gasteiger partial charge in [0.15, 0.2) is 0 Å². The second-order valence-corrected chi connectivity index (χ2v) is 8.56. The molecule has 7 heteroatoms. The van der Waals surface area contributed by atoms with Crippen molar-refractivity contribution >= 4 is 17.7 Å². The highest BCUT2D eigenvalue weighted by molar-refractivity contribution is 6.35. The Kier molecular flexibility index (Phi) is 6.09. The van der Waals surface area contributed by atoms with Gasteiger partial charge < -0.3 is 19.4 Å². The van der Waals surface area contributed by atoms with E-state index in [9.17, 15) is 14.4 Å². The van der Waals surface area contributed by atoms with Crippen LogP contribution in [0.4, 0.5) is 0 Å². The first-order chi connectivity index (χ1) is 14.5. The smallest absolute Gasteiger partial charge is 0.313 e. The van der Waals surface area contributed by atoms with Crippen LogP contribution in [-0.2, 0) is 19.1 Å². The van der Waals surface area contributed by atoms with Crippen molar-refractivity contribution in [1.29, 1.82) is 0 Å². The Bertz CT molecular complexity index is 783. The molecule has 3 aliphatic heterocycles. The standard InChI is InChI=1S/C23H31N3O4/c1-2-3-12-24-15-16-26(22(29)21(24)28)19(18-7-5-4-6-8-18)20(27)25-13-9-23(10-14-25)11-17-30-23/h4-8,19H,2-3,9-17H2,1H3/t19-/m0/s1. The number of benzene rings is 1. The van der Waals surface area contributed by atoms with Gasteiger partial charge in [-0.1, -0.05) is 43.7 Å². The number of unbranched alkanes of at least 4 members (excludes halogenated alkanes) is 1. The number of carbonyl (C=O) groups is 3. The summed E-state index contributed by atoms with van der Waals surface area (Å²) in [5, 5.41) is 0. The molecule has 0 N–H and O–H groups in total. The van der Waals surface area contributed by atoms with Gasteiger partial charge in [0.05, 0.1) is 12.2 Å². The minimum absolute atomic E-state index is 0.0459. The third kappa shape index (κ3) is 3.95. The van der Waals surface area contributed by atoms with Crippen molar-refractivity contribution in [3.05, 3.63) is 35.9 Å². The van der Waals surface area contributed by atoms with Crippen molar-refractivity contribution < 1.29 is 19.1 Å². The Morgan fingerprint density at radius 1 is 1.03 bits per heavy atom. The first kappa shape index (κ1) is 20.8. The van der Waals surface area contributed by atoms with Gasteiger partial charge in [0.2, 0.25) is 5.91 Å². The van der Waals surface area contributed by atoms with Gasteiger partial charge in [-0.2, -0.15) is 0 Å². The molecule has 0 bridgehead atoms. The van der Waals surface area contributed by atoms with Crippen molar-refractivity contribution in [1.82, 2.24) is 14.7 Å². The third-order valence-corrected chi connectivity index (χ3v) is 6.74. The third-order valence-electron chi connectivity index (χ3n) is 6.74. The van der Waals surface area contributed by atoms with E-state index < -0.39 is 17.9 Å². The molecule has 3 fully saturated rings. The number of rotatable bonds is 6. The lowest BCUT2D eigenvalue weighted by Gasteiger charge is -2.48. The second-order valence-electron chi connectivity index (χ2n) is 8.56. The van der Waals surface area contributed by atoms with Gasteiger partial charge in [-0.05, 0) is 31.2 Å². The lowest BCUT2D eigenvalue weighted by molar-refractivity contribution is -0.179.